The highest BCUT2D eigenvalue weighted by molar-refractivity contribution is 6.07. The number of carboxylic acid groups (broad SMARTS) is 1. The first-order valence-corrected chi connectivity index (χ1v) is 9.62. The van der Waals surface area contributed by atoms with Gasteiger partial charge in [-0.25, -0.2) is 4.79 Å². The Bertz CT molecular complexity index is 978. The summed E-state index contributed by atoms with van der Waals surface area (Å²) in [5.41, 5.74) is 2.23. The lowest BCUT2D eigenvalue weighted by Crippen LogP contribution is -2.10. The van der Waals surface area contributed by atoms with E-state index < -0.39 is 12.6 Å². The number of carbonyl (C=O) groups excluding carboxylic acids is 1. The van der Waals surface area contributed by atoms with Gasteiger partial charge in [-0.1, -0.05) is 0 Å². The number of rotatable bonds is 9. The Labute approximate surface area is 174 Å². The number of aliphatic carboxylic acids is 1. The van der Waals surface area contributed by atoms with Crippen molar-refractivity contribution in [2.45, 2.75) is 26.4 Å². The second-order valence-electron chi connectivity index (χ2n) is 6.81. The summed E-state index contributed by atoms with van der Waals surface area (Å²) in [6.45, 7) is 3.93. The molecule has 2 aromatic rings. The van der Waals surface area contributed by atoms with Gasteiger partial charge in [0.1, 0.15) is 17.6 Å². The normalized spacial score (nSPS) is 14.8. The number of fused-ring (bicyclic) bond motifs is 1. The number of allylic oxidation sites excluding steroid dienone is 1. The third-order valence-electron chi connectivity index (χ3n) is 4.54. The SMILES string of the molecule is CCOc1cc2c(cc1/C=C/C(=O)c1ccc(OCC(=O)O)c(OC)c1)O[C@@H](C)C2. The quantitative estimate of drug-likeness (QED) is 0.495. The van der Waals surface area contributed by atoms with Crippen LogP contribution >= 0.6 is 0 Å². The molecule has 1 atom stereocenters. The molecule has 3 rings (SSSR count). The maximum Gasteiger partial charge on any atom is 0.341 e. The van der Waals surface area contributed by atoms with Gasteiger partial charge in [-0.05, 0) is 56.3 Å². The molecule has 0 spiro atoms. The zero-order chi connectivity index (χ0) is 21.7. The Morgan fingerprint density at radius 1 is 1.17 bits per heavy atom. The molecular formula is C23H24O7. The van der Waals surface area contributed by atoms with Gasteiger partial charge < -0.3 is 24.1 Å². The van der Waals surface area contributed by atoms with E-state index >= 15 is 0 Å². The van der Waals surface area contributed by atoms with Gasteiger partial charge in [0, 0.05) is 23.1 Å². The summed E-state index contributed by atoms with van der Waals surface area (Å²) in [7, 11) is 1.42. The molecular weight excluding hydrogens is 388 g/mol. The second-order valence-corrected chi connectivity index (χ2v) is 6.81. The number of hydrogen-bond donors (Lipinski definition) is 1. The molecule has 0 aromatic heterocycles. The van der Waals surface area contributed by atoms with E-state index in [2.05, 4.69) is 0 Å². The van der Waals surface area contributed by atoms with E-state index in [1.54, 1.807) is 12.1 Å². The molecule has 2 aromatic carbocycles. The fourth-order valence-corrected chi connectivity index (χ4v) is 3.21. The van der Waals surface area contributed by atoms with E-state index in [1.807, 2.05) is 26.0 Å². The zero-order valence-electron chi connectivity index (χ0n) is 17.1. The third kappa shape index (κ3) is 4.92. The van der Waals surface area contributed by atoms with Crippen molar-refractivity contribution in [3.8, 4) is 23.0 Å². The van der Waals surface area contributed by atoms with E-state index in [-0.39, 0.29) is 23.4 Å². The van der Waals surface area contributed by atoms with Crippen LogP contribution in [0.4, 0.5) is 0 Å². The summed E-state index contributed by atoms with van der Waals surface area (Å²) < 4.78 is 21.9. The molecule has 0 radical (unpaired) electrons. The van der Waals surface area contributed by atoms with Crippen molar-refractivity contribution < 1.29 is 33.6 Å². The van der Waals surface area contributed by atoms with Crippen LogP contribution in [0.2, 0.25) is 0 Å². The molecule has 1 aliphatic heterocycles. The monoisotopic (exact) mass is 412 g/mol. The number of carboxylic acids is 1. The molecule has 0 saturated carbocycles. The van der Waals surface area contributed by atoms with Crippen LogP contribution in [0.5, 0.6) is 23.0 Å². The standard InChI is InChI=1S/C23H24O7/c1-4-28-20-12-17-9-14(2)30-21(17)11-16(20)5-7-18(24)15-6-8-19(22(10-15)27-3)29-13-23(25)26/h5-8,10-12,14H,4,9,13H2,1-3H3,(H,25,26)/b7-5+/t14-/m0/s1. The van der Waals surface area contributed by atoms with E-state index in [4.69, 9.17) is 24.1 Å². The highest BCUT2D eigenvalue weighted by Gasteiger charge is 2.21. The molecule has 0 fully saturated rings. The lowest BCUT2D eigenvalue weighted by molar-refractivity contribution is -0.139. The average molecular weight is 412 g/mol. The largest absolute Gasteiger partial charge is 0.493 e. The van der Waals surface area contributed by atoms with Crippen molar-refractivity contribution in [3.05, 3.63) is 53.1 Å². The minimum atomic E-state index is -1.10. The van der Waals surface area contributed by atoms with Crippen LogP contribution in [0, 0.1) is 0 Å². The van der Waals surface area contributed by atoms with Crippen LogP contribution in [-0.2, 0) is 11.2 Å². The Balaban J connectivity index is 1.82. The second kappa shape index (κ2) is 9.35. The van der Waals surface area contributed by atoms with Crippen LogP contribution in [0.3, 0.4) is 0 Å². The Morgan fingerprint density at radius 2 is 1.97 bits per heavy atom. The molecule has 0 bridgehead atoms. The number of ketones is 1. The molecule has 158 valence electrons. The van der Waals surface area contributed by atoms with Gasteiger partial charge >= 0.3 is 5.97 Å². The predicted octanol–water partition coefficient (Wildman–Crippen LogP) is 3.78. The summed E-state index contributed by atoms with van der Waals surface area (Å²) in [4.78, 5) is 23.4. The highest BCUT2D eigenvalue weighted by atomic mass is 16.5. The van der Waals surface area contributed by atoms with Gasteiger partial charge in [0.05, 0.1) is 13.7 Å². The van der Waals surface area contributed by atoms with Gasteiger partial charge in [-0.3, -0.25) is 4.79 Å². The van der Waals surface area contributed by atoms with Crippen molar-refractivity contribution in [2.24, 2.45) is 0 Å². The molecule has 30 heavy (non-hydrogen) atoms. The Morgan fingerprint density at radius 3 is 2.67 bits per heavy atom. The molecule has 1 heterocycles. The zero-order valence-corrected chi connectivity index (χ0v) is 17.1. The maximum absolute atomic E-state index is 12.7. The minimum Gasteiger partial charge on any atom is -0.493 e. The first kappa shape index (κ1) is 21.2. The average Bonchev–Trinajstić information content (AvgIpc) is 3.09. The van der Waals surface area contributed by atoms with E-state index in [0.717, 1.165) is 23.3 Å². The Kier molecular flexibility index (Phi) is 6.61. The van der Waals surface area contributed by atoms with E-state index in [0.29, 0.717) is 17.9 Å². The van der Waals surface area contributed by atoms with Crippen LogP contribution < -0.4 is 18.9 Å². The highest BCUT2D eigenvalue weighted by Crippen LogP contribution is 2.36. The summed E-state index contributed by atoms with van der Waals surface area (Å²) in [5, 5.41) is 8.74. The molecule has 1 N–H and O–H groups in total. The smallest absolute Gasteiger partial charge is 0.341 e. The summed E-state index contributed by atoms with van der Waals surface area (Å²) in [5.74, 6) is 0.704. The number of hydrogen-bond acceptors (Lipinski definition) is 6. The molecule has 1 aliphatic rings. The van der Waals surface area contributed by atoms with Crippen LogP contribution in [-0.4, -0.2) is 43.3 Å². The van der Waals surface area contributed by atoms with Gasteiger partial charge in [0.25, 0.3) is 0 Å². The molecule has 7 heteroatoms. The first-order valence-electron chi connectivity index (χ1n) is 9.62. The van der Waals surface area contributed by atoms with Crippen molar-refractivity contribution >= 4 is 17.8 Å². The molecule has 0 aliphatic carbocycles. The van der Waals surface area contributed by atoms with Crippen LogP contribution in [0.15, 0.2) is 36.4 Å². The van der Waals surface area contributed by atoms with E-state index in [1.165, 1.54) is 25.3 Å². The fourth-order valence-electron chi connectivity index (χ4n) is 3.21. The van der Waals surface area contributed by atoms with Crippen molar-refractivity contribution in [3.63, 3.8) is 0 Å². The number of ether oxygens (including phenoxy) is 4. The number of carbonyl (C=O) groups is 2. The summed E-state index contributed by atoms with van der Waals surface area (Å²) in [6, 6.07) is 8.43. The van der Waals surface area contributed by atoms with Crippen molar-refractivity contribution in [1.29, 1.82) is 0 Å². The van der Waals surface area contributed by atoms with E-state index in [9.17, 15) is 9.59 Å². The van der Waals surface area contributed by atoms with Gasteiger partial charge in [0.15, 0.2) is 23.9 Å². The molecule has 0 saturated heterocycles. The maximum atomic E-state index is 12.7. The van der Waals surface area contributed by atoms with Crippen LogP contribution in [0.1, 0.15) is 35.3 Å². The fraction of sp³-hybridized carbons (Fsp3) is 0.304. The third-order valence-corrected chi connectivity index (χ3v) is 4.54. The summed E-state index contributed by atoms with van der Waals surface area (Å²) >= 11 is 0. The van der Waals surface area contributed by atoms with Crippen molar-refractivity contribution in [2.75, 3.05) is 20.3 Å². The topological polar surface area (TPSA) is 91.3 Å². The Hall–Kier alpha value is -3.48. The van der Waals surface area contributed by atoms with Gasteiger partial charge in [-0.2, -0.15) is 0 Å². The molecule has 0 amide bonds. The van der Waals surface area contributed by atoms with Crippen molar-refractivity contribution in [1.82, 2.24) is 0 Å². The lowest BCUT2D eigenvalue weighted by atomic mass is 10.0. The number of methoxy groups -OCH3 is 1. The van der Waals surface area contributed by atoms with Gasteiger partial charge in [-0.15, -0.1) is 0 Å². The molecule has 0 unspecified atom stereocenters. The minimum absolute atomic E-state index is 0.115. The summed E-state index contributed by atoms with van der Waals surface area (Å²) in [6.07, 6.45) is 4.09. The molecule has 7 nitrogen and oxygen atoms in total. The van der Waals surface area contributed by atoms with Crippen LogP contribution in [0.25, 0.3) is 6.08 Å². The predicted molar refractivity (Wildman–Crippen MR) is 111 cm³/mol. The number of benzene rings is 2. The first-order chi connectivity index (χ1) is 14.4. The van der Waals surface area contributed by atoms with Gasteiger partial charge in [0.2, 0.25) is 0 Å². The lowest BCUT2D eigenvalue weighted by Gasteiger charge is -2.11.